The standard InChI is InChI=1S/C17H25N3O2/c1-12-15(13(2)22-18-12)9-20-11-17(7-16(20)21)5-6-19(10-17)8-14-3-4-14/h14H,3-11H2,1-2H3/t17-/m0/s1. The number of aromatic nitrogens is 1. The molecule has 3 heterocycles. The van der Waals surface area contributed by atoms with Gasteiger partial charge in [0.05, 0.1) is 12.2 Å². The van der Waals surface area contributed by atoms with Gasteiger partial charge in [0.1, 0.15) is 5.76 Å². The molecule has 3 aliphatic rings. The van der Waals surface area contributed by atoms with Crippen LogP contribution in [0.2, 0.25) is 0 Å². The molecule has 5 nitrogen and oxygen atoms in total. The van der Waals surface area contributed by atoms with Crippen molar-refractivity contribution in [1.82, 2.24) is 15.0 Å². The Morgan fingerprint density at radius 3 is 2.82 bits per heavy atom. The minimum atomic E-state index is 0.199. The molecule has 4 rings (SSSR count). The Labute approximate surface area is 131 Å². The number of rotatable bonds is 4. The average molecular weight is 303 g/mol. The van der Waals surface area contributed by atoms with Gasteiger partial charge in [-0.15, -0.1) is 0 Å². The largest absolute Gasteiger partial charge is 0.361 e. The lowest BCUT2D eigenvalue weighted by Crippen LogP contribution is -2.32. The van der Waals surface area contributed by atoms with Crippen LogP contribution in [0.1, 0.15) is 42.7 Å². The Bertz CT molecular complexity index is 573. The smallest absolute Gasteiger partial charge is 0.223 e. The summed E-state index contributed by atoms with van der Waals surface area (Å²) < 4.78 is 5.23. The fourth-order valence-electron chi connectivity index (χ4n) is 4.17. The summed E-state index contributed by atoms with van der Waals surface area (Å²) in [6.45, 7) is 8.96. The van der Waals surface area contributed by atoms with Gasteiger partial charge < -0.3 is 14.3 Å². The van der Waals surface area contributed by atoms with Crippen molar-refractivity contribution in [2.75, 3.05) is 26.2 Å². The molecule has 1 aliphatic carbocycles. The molecular weight excluding hydrogens is 278 g/mol. The summed E-state index contributed by atoms with van der Waals surface area (Å²) in [7, 11) is 0. The first kappa shape index (κ1) is 14.2. The van der Waals surface area contributed by atoms with Crippen LogP contribution in [0.3, 0.4) is 0 Å². The van der Waals surface area contributed by atoms with E-state index in [4.69, 9.17) is 4.52 Å². The number of amides is 1. The Hall–Kier alpha value is -1.36. The minimum absolute atomic E-state index is 0.199. The van der Waals surface area contributed by atoms with Crippen LogP contribution in [-0.4, -0.2) is 47.0 Å². The lowest BCUT2D eigenvalue weighted by atomic mass is 9.86. The zero-order valence-corrected chi connectivity index (χ0v) is 13.6. The molecule has 1 saturated carbocycles. The van der Waals surface area contributed by atoms with Crippen molar-refractivity contribution >= 4 is 5.91 Å². The number of carbonyl (C=O) groups excluding carboxylic acids is 1. The third kappa shape index (κ3) is 2.56. The maximum atomic E-state index is 12.5. The van der Waals surface area contributed by atoms with Crippen LogP contribution in [0.4, 0.5) is 0 Å². The molecule has 2 aliphatic heterocycles. The number of aryl methyl sites for hydroxylation is 2. The first-order valence-electron chi connectivity index (χ1n) is 8.47. The molecule has 5 heteroatoms. The van der Waals surface area contributed by atoms with Crippen molar-refractivity contribution in [2.24, 2.45) is 11.3 Å². The highest BCUT2D eigenvalue weighted by Crippen LogP contribution is 2.42. The van der Waals surface area contributed by atoms with E-state index in [1.807, 2.05) is 18.7 Å². The highest BCUT2D eigenvalue weighted by atomic mass is 16.5. The molecule has 22 heavy (non-hydrogen) atoms. The fraction of sp³-hybridized carbons (Fsp3) is 0.765. The summed E-state index contributed by atoms with van der Waals surface area (Å²) in [6.07, 6.45) is 4.70. The van der Waals surface area contributed by atoms with Crippen LogP contribution in [-0.2, 0) is 11.3 Å². The van der Waals surface area contributed by atoms with E-state index in [9.17, 15) is 4.79 Å². The third-order valence-corrected chi connectivity index (χ3v) is 5.67. The Morgan fingerprint density at radius 2 is 2.14 bits per heavy atom. The van der Waals surface area contributed by atoms with E-state index in [-0.39, 0.29) is 5.41 Å². The molecule has 1 aromatic rings. The van der Waals surface area contributed by atoms with Crippen LogP contribution >= 0.6 is 0 Å². The maximum absolute atomic E-state index is 12.5. The van der Waals surface area contributed by atoms with E-state index in [1.165, 1.54) is 32.4 Å². The third-order valence-electron chi connectivity index (χ3n) is 5.67. The van der Waals surface area contributed by atoms with Crippen LogP contribution in [0.15, 0.2) is 4.52 Å². The molecule has 0 N–H and O–H groups in total. The molecule has 2 saturated heterocycles. The molecule has 0 aromatic carbocycles. The molecule has 1 aromatic heterocycles. The first-order valence-corrected chi connectivity index (χ1v) is 8.47. The van der Waals surface area contributed by atoms with E-state index < -0.39 is 0 Å². The maximum Gasteiger partial charge on any atom is 0.223 e. The molecule has 1 atom stereocenters. The van der Waals surface area contributed by atoms with Crippen molar-refractivity contribution in [3.63, 3.8) is 0 Å². The van der Waals surface area contributed by atoms with E-state index >= 15 is 0 Å². The van der Waals surface area contributed by atoms with Gasteiger partial charge in [-0.3, -0.25) is 4.79 Å². The number of carbonyl (C=O) groups is 1. The second-order valence-corrected chi connectivity index (χ2v) is 7.66. The van der Waals surface area contributed by atoms with Gasteiger partial charge in [-0.2, -0.15) is 0 Å². The fourth-order valence-corrected chi connectivity index (χ4v) is 4.17. The number of hydrogen-bond acceptors (Lipinski definition) is 4. The van der Waals surface area contributed by atoms with Crippen molar-refractivity contribution in [3.8, 4) is 0 Å². The lowest BCUT2D eigenvalue weighted by molar-refractivity contribution is -0.128. The van der Waals surface area contributed by atoms with E-state index in [1.54, 1.807) is 0 Å². The number of likely N-dealkylation sites (tertiary alicyclic amines) is 2. The van der Waals surface area contributed by atoms with Gasteiger partial charge >= 0.3 is 0 Å². The zero-order valence-electron chi connectivity index (χ0n) is 13.6. The van der Waals surface area contributed by atoms with Gasteiger partial charge in [0, 0.05) is 37.0 Å². The summed E-state index contributed by atoms with van der Waals surface area (Å²) in [6, 6.07) is 0. The SMILES string of the molecule is Cc1noc(C)c1CN1C[C@@]2(CCN(CC3CC3)C2)CC1=O. The Balaban J connectivity index is 1.42. The predicted octanol–water partition coefficient (Wildman–Crippen LogP) is 2.13. The van der Waals surface area contributed by atoms with Crippen LogP contribution in [0.25, 0.3) is 0 Å². The monoisotopic (exact) mass is 303 g/mol. The van der Waals surface area contributed by atoms with Crippen molar-refractivity contribution in [2.45, 2.75) is 46.1 Å². The summed E-state index contributed by atoms with van der Waals surface area (Å²) >= 11 is 0. The Morgan fingerprint density at radius 1 is 1.32 bits per heavy atom. The number of nitrogens with zero attached hydrogens (tertiary/aromatic N) is 3. The van der Waals surface area contributed by atoms with Crippen molar-refractivity contribution in [3.05, 3.63) is 17.0 Å². The molecular formula is C17H25N3O2. The molecule has 3 fully saturated rings. The summed E-state index contributed by atoms with van der Waals surface area (Å²) in [4.78, 5) is 17.1. The normalized spacial score (nSPS) is 29.2. The first-order chi connectivity index (χ1) is 10.5. The zero-order chi connectivity index (χ0) is 15.3. The molecule has 0 unspecified atom stereocenters. The second-order valence-electron chi connectivity index (χ2n) is 7.66. The van der Waals surface area contributed by atoms with E-state index in [2.05, 4.69) is 10.1 Å². The Kier molecular flexibility index (Phi) is 3.29. The van der Waals surface area contributed by atoms with Gasteiger partial charge in [-0.1, -0.05) is 5.16 Å². The summed E-state index contributed by atoms with van der Waals surface area (Å²) in [5.41, 5.74) is 2.19. The molecule has 120 valence electrons. The minimum Gasteiger partial charge on any atom is -0.361 e. The van der Waals surface area contributed by atoms with Crippen molar-refractivity contribution in [1.29, 1.82) is 0 Å². The molecule has 0 radical (unpaired) electrons. The van der Waals surface area contributed by atoms with Gasteiger partial charge in [-0.05, 0) is 45.6 Å². The molecule has 1 spiro atoms. The van der Waals surface area contributed by atoms with Gasteiger partial charge in [0.2, 0.25) is 5.91 Å². The highest BCUT2D eigenvalue weighted by Gasteiger charge is 2.48. The predicted molar refractivity (Wildman–Crippen MR) is 82.2 cm³/mol. The molecule has 1 amide bonds. The quantitative estimate of drug-likeness (QED) is 0.855. The number of hydrogen-bond donors (Lipinski definition) is 0. The summed E-state index contributed by atoms with van der Waals surface area (Å²) in [5.74, 6) is 2.08. The van der Waals surface area contributed by atoms with E-state index in [0.29, 0.717) is 12.5 Å². The van der Waals surface area contributed by atoms with Crippen molar-refractivity contribution < 1.29 is 9.32 Å². The van der Waals surface area contributed by atoms with Crippen LogP contribution < -0.4 is 0 Å². The topological polar surface area (TPSA) is 49.6 Å². The van der Waals surface area contributed by atoms with Crippen LogP contribution in [0, 0.1) is 25.2 Å². The van der Waals surface area contributed by atoms with Crippen LogP contribution in [0.5, 0.6) is 0 Å². The highest BCUT2D eigenvalue weighted by molar-refractivity contribution is 5.79. The van der Waals surface area contributed by atoms with Gasteiger partial charge in [0.15, 0.2) is 0 Å². The average Bonchev–Trinajstić information content (AvgIpc) is 3.02. The van der Waals surface area contributed by atoms with Gasteiger partial charge in [0.25, 0.3) is 0 Å². The van der Waals surface area contributed by atoms with E-state index in [0.717, 1.165) is 42.4 Å². The van der Waals surface area contributed by atoms with Gasteiger partial charge in [-0.25, -0.2) is 0 Å². The summed E-state index contributed by atoms with van der Waals surface area (Å²) in [5, 5.41) is 4.00. The lowest BCUT2D eigenvalue weighted by Gasteiger charge is -2.24. The molecule has 0 bridgehead atoms. The second kappa shape index (κ2) is 5.08.